The molecule has 0 heterocycles. The molecule has 8 heteroatoms. The summed E-state index contributed by atoms with van der Waals surface area (Å²) in [6.45, 7) is 0. The average molecular weight is 401 g/mol. The van der Waals surface area contributed by atoms with Gasteiger partial charge in [0.15, 0.2) is 17.2 Å². The molecule has 0 radical (unpaired) electrons. The molecule has 0 bridgehead atoms. The molecule has 90 valence electrons. The normalized spacial score (nSPS) is 11.2. The van der Waals surface area contributed by atoms with Crippen LogP contribution in [0.3, 0.4) is 0 Å². The maximum Gasteiger partial charge on any atom is 0.183 e. The van der Waals surface area contributed by atoms with Crippen LogP contribution in [-0.2, 0) is 0 Å². The fourth-order valence-corrected chi connectivity index (χ4v) is 2.96. The van der Waals surface area contributed by atoms with Gasteiger partial charge in [-0.2, -0.15) is 5.26 Å². The van der Waals surface area contributed by atoms with Gasteiger partial charge in [-0.3, -0.25) is 5.32 Å². The first-order valence-electron chi connectivity index (χ1n) is 4.12. The third kappa shape index (κ3) is 3.58. The van der Waals surface area contributed by atoms with Gasteiger partial charge in [0, 0.05) is 0 Å². The van der Waals surface area contributed by atoms with Crippen LogP contribution >= 0.6 is 55.2 Å². The van der Waals surface area contributed by atoms with Gasteiger partial charge in [0.2, 0.25) is 0 Å². The van der Waals surface area contributed by atoms with Crippen LogP contribution in [0.4, 0.5) is 10.1 Å². The summed E-state index contributed by atoms with van der Waals surface area (Å²) in [7, 11) is 0. The van der Waals surface area contributed by atoms with Gasteiger partial charge in [-0.05, 0) is 44.2 Å². The lowest BCUT2D eigenvalue weighted by Gasteiger charge is -2.06. The lowest BCUT2D eigenvalue weighted by molar-refractivity contribution is 0.615. The highest BCUT2D eigenvalue weighted by molar-refractivity contribution is 9.11. The second kappa shape index (κ2) is 6.59. The number of rotatable bonds is 1. The Kier molecular flexibility index (Phi) is 5.73. The van der Waals surface area contributed by atoms with E-state index in [9.17, 15) is 4.39 Å². The van der Waals surface area contributed by atoms with E-state index in [2.05, 4.69) is 42.2 Å². The zero-order valence-electron chi connectivity index (χ0n) is 8.39. The van der Waals surface area contributed by atoms with Gasteiger partial charge < -0.3 is 0 Å². The van der Waals surface area contributed by atoms with Crippen LogP contribution in [0.1, 0.15) is 0 Å². The maximum atomic E-state index is 13.6. The predicted octanol–water partition coefficient (Wildman–Crippen LogP) is 4.43. The lowest BCUT2D eigenvalue weighted by atomic mass is 10.3. The number of aliphatic imine (C=N–C) groups is 1. The van der Waals surface area contributed by atoms with Crippen molar-refractivity contribution in [2.45, 2.75) is 0 Å². The molecule has 0 amide bonds. The summed E-state index contributed by atoms with van der Waals surface area (Å²) in [6.07, 6.45) is 3.48. The molecule has 0 aliphatic carbocycles. The van der Waals surface area contributed by atoms with Crippen LogP contribution in [-0.4, -0.2) is 11.4 Å². The Bertz CT molecular complexity index is 516. The number of thioether (sulfide) groups is 1. The Balaban J connectivity index is 3.33. The van der Waals surface area contributed by atoms with E-state index in [1.807, 2.05) is 0 Å². The van der Waals surface area contributed by atoms with Gasteiger partial charge >= 0.3 is 0 Å². The van der Waals surface area contributed by atoms with Crippen LogP contribution in [0, 0.1) is 17.3 Å². The largest absolute Gasteiger partial charge is 0.271 e. The van der Waals surface area contributed by atoms with E-state index in [4.69, 9.17) is 16.9 Å². The lowest BCUT2D eigenvalue weighted by Crippen LogP contribution is -2.12. The molecule has 1 aromatic carbocycles. The average Bonchev–Trinajstić information content (AvgIpc) is 2.30. The first-order valence-corrected chi connectivity index (χ1v) is 7.31. The van der Waals surface area contributed by atoms with Crippen molar-refractivity contribution in [2.24, 2.45) is 4.99 Å². The minimum Gasteiger partial charge on any atom is -0.271 e. The molecule has 0 aliphatic heterocycles. The standard InChI is InChI=1S/C9H5Br2ClFN3S/c1-17-9(15-3-14)16-8-5(12)2-4(10)7(13)6(8)11/h2H,1H3,(H,15,16). The number of amidine groups is 1. The quantitative estimate of drug-likeness (QED) is 0.189. The summed E-state index contributed by atoms with van der Waals surface area (Å²) in [5.41, 5.74) is 0.236. The third-order valence-electron chi connectivity index (χ3n) is 1.66. The van der Waals surface area contributed by atoms with Crippen LogP contribution in [0.15, 0.2) is 20.0 Å². The Morgan fingerprint density at radius 2 is 2.29 bits per heavy atom. The molecule has 0 aliphatic rings. The van der Waals surface area contributed by atoms with Crippen LogP contribution < -0.4 is 5.32 Å². The zero-order valence-corrected chi connectivity index (χ0v) is 13.1. The monoisotopic (exact) mass is 399 g/mol. The highest BCUT2D eigenvalue weighted by atomic mass is 79.9. The zero-order chi connectivity index (χ0) is 13.0. The Morgan fingerprint density at radius 1 is 1.65 bits per heavy atom. The molecule has 1 aromatic rings. The Labute approximate surface area is 124 Å². The first-order chi connectivity index (χ1) is 8.01. The molecule has 0 atom stereocenters. The number of benzene rings is 1. The third-order valence-corrected chi connectivity index (χ3v) is 3.83. The summed E-state index contributed by atoms with van der Waals surface area (Å²) in [5, 5.41) is 11.5. The molecule has 0 aromatic heterocycles. The summed E-state index contributed by atoms with van der Waals surface area (Å²) >= 11 is 13.3. The highest BCUT2D eigenvalue weighted by Gasteiger charge is 2.14. The molecule has 0 fully saturated rings. The molecule has 1 rings (SSSR count). The van der Waals surface area contributed by atoms with Crippen molar-refractivity contribution < 1.29 is 4.39 Å². The van der Waals surface area contributed by atoms with Gasteiger partial charge in [0.25, 0.3) is 0 Å². The SMILES string of the molecule is CSC(=Nc1c(Cl)cc(Br)c(F)c1Br)NC#N. The second-order valence-electron chi connectivity index (χ2n) is 2.67. The number of halogens is 4. The predicted molar refractivity (Wildman–Crippen MR) is 76.2 cm³/mol. The van der Waals surface area contributed by atoms with E-state index in [0.29, 0.717) is 5.17 Å². The summed E-state index contributed by atoms with van der Waals surface area (Å²) in [4.78, 5) is 4.07. The van der Waals surface area contributed by atoms with Crippen molar-refractivity contribution in [3.8, 4) is 6.19 Å². The fourth-order valence-electron chi connectivity index (χ4n) is 0.933. The highest BCUT2D eigenvalue weighted by Crippen LogP contribution is 2.39. The molecule has 0 saturated carbocycles. The van der Waals surface area contributed by atoms with E-state index < -0.39 is 5.82 Å². The van der Waals surface area contributed by atoms with Crippen molar-refractivity contribution in [2.75, 3.05) is 6.26 Å². The molecule has 0 unspecified atom stereocenters. The number of hydrogen-bond acceptors (Lipinski definition) is 3. The van der Waals surface area contributed by atoms with E-state index in [1.54, 1.807) is 12.4 Å². The topological polar surface area (TPSA) is 48.2 Å². The minimum atomic E-state index is -0.495. The van der Waals surface area contributed by atoms with E-state index in [0.717, 1.165) is 0 Å². The summed E-state index contributed by atoms with van der Waals surface area (Å²) in [5.74, 6) is -0.495. The molecule has 1 N–H and O–H groups in total. The van der Waals surface area contributed by atoms with Crippen molar-refractivity contribution in [1.82, 2.24) is 5.32 Å². The van der Waals surface area contributed by atoms with Gasteiger partial charge in [-0.1, -0.05) is 23.4 Å². The number of hydrogen-bond donors (Lipinski definition) is 1. The van der Waals surface area contributed by atoms with Crippen molar-refractivity contribution in [1.29, 1.82) is 5.26 Å². The Hall–Kier alpha value is -0.290. The molecule has 0 spiro atoms. The molecular formula is C9H5Br2ClFN3S. The fraction of sp³-hybridized carbons (Fsp3) is 0.111. The minimum absolute atomic E-state index is 0.142. The summed E-state index contributed by atoms with van der Waals surface area (Å²) in [6, 6.07) is 1.41. The van der Waals surface area contributed by atoms with E-state index in [-0.39, 0.29) is 19.7 Å². The summed E-state index contributed by atoms with van der Waals surface area (Å²) < 4.78 is 14.0. The second-order valence-corrected chi connectivity index (χ2v) is 5.52. The van der Waals surface area contributed by atoms with E-state index >= 15 is 0 Å². The van der Waals surface area contributed by atoms with E-state index in [1.165, 1.54) is 17.8 Å². The van der Waals surface area contributed by atoms with Gasteiger partial charge in [0.05, 0.1) is 14.0 Å². The van der Waals surface area contributed by atoms with Crippen molar-refractivity contribution >= 4 is 66.1 Å². The number of nitriles is 1. The molecule has 17 heavy (non-hydrogen) atoms. The van der Waals surface area contributed by atoms with Crippen LogP contribution in [0.2, 0.25) is 5.02 Å². The number of nitrogens with zero attached hydrogens (tertiary/aromatic N) is 2. The maximum absolute atomic E-state index is 13.6. The van der Waals surface area contributed by atoms with Gasteiger partial charge in [0.1, 0.15) is 5.69 Å². The van der Waals surface area contributed by atoms with Crippen molar-refractivity contribution in [3.05, 3.63) is 25.9 Å². The Morgan fingerprint density at radius 3 is 2.82 bits per heavy atom. The van der Waals surface area contributed by atoms with Gasteiger partial charge in [-0.15, -0.1) is 0 Å². The van der Waals surface area contributed by atoms with Crippen LogP contribution in [0.25, 0.3) is 0 Å². The molecule has 3 nitrogen and oxygen atoms in total. The molecular weight excluding hydrogens is 396 g/mol. The first kappa shape index (κ1) is 14.8. The molecule has 0 saturated heterocycles. The number of nitrogens with one attached hydrogen (secondary N) is 1. The smallest absolute Gasteiger partial charge is 0.183 e. The van der Waals surface area contributed by atoms with Crippen LogP contribution in [0.5, 0.6) is 0 Å². The van der Waals surface area contributed by atoms with Gasteiger partial charge in [-0.25, -0.2) is 9.38 Å². The van der Waals surface area contributed by atoms with Crippen molar-refractivity contribution in [3.63, 3.8) is 0 Å².